The number of rotatable bonds is 5. The molecule has 152 valence electrons. The highest BCUT2D eigenvalue weighted by Crippen LogP contribution is 2.40. The number of imide groups is 1. The Balaban J connectivity index is 1.72. The summed E-state index contributed by atoms with van der Waals surface area (Å²) in [6.45, 7) is 0. The molecule has 0 radical (unpaired) electrons. The van der Waals surface area contributed by atoms with Gasteiger partial charge in [-0.15, -0.1) is 0 Å². The van der Waals surface area contributed by atoms with Crippen molar-refractivity contribution in [3.8, 4) is 5.75 Å². The molecule has 2 aromatic carbocycles. The molecule has 2 aromatic rings. The quantitative estimate of drug-likeness (QED) is 0.409. The number of fused-ring (bicyclic) bond motifs is 1. The normalized spacial score (nSPS) is 19.9. The standard InChI is InChI=1S/C18H12N4O8/c1-29-13-7-6-11(22(27)28)8-12(13)20-17(23)14-15(19-30-16(14)18(20)24)9-2-4-10(5-3-9)21(25)26/h2-8,14,16H,1H3/t14-,16+/m1/s1. The Morgan fingerprint density at radius 2 is 1.63 bits per heavy atom. The third kappa shape index (κ3) is 2.82. The maximum Gasteiger partial charge on any atom is 0.279 e. The predicted molar refractivity (Wildman–Crippen MR) is 100 cm³/mol. The van der Waals surface area contributed by atoms with Gasteiger partial charge in [-0.3, -0.25) is 29.8 Å². The highest BCUT2D eigenvalue weighted by atomic mass is 16.7. The Kier molecular flexibility index (Phi) is 4.38. The van der Waals surface area contributed by atoms with Gasteiger partial charge in [-0.25, -0.2) is 4.90 Å². The molecular weight excluding hydrogens is 400 g/mol. The van der Waals surface area contributed by atoms with Gasteiger partial charge in [0.25, 0.3) is 17.3 Å². The summed E-state index contributed by atoms with van der Waals surface area (Å²) in [4.78, 5) is 52.7. The van der Waals surface area contributed by atoms with Crippen LogP contribution in [0.5, 0.6) is 5.75 Å². The molecule has 4 rings (SSSR count). The van der Waals surface area contributed by atoms with Gasteiger partial charge in [0.1, 0.15) is 23.1 Å². The summed E-state index contributed by atoms with van der Waals surface area (Å²) in [5.41, 5.74) is -0.0368. The number of nitro benzene ring substituents is 2. The number of amides is 2. The fraction of sp³-hybridized carbons (Fsp3) is 0.167. The smallest absolute Gasteiger partial charge is 0.279 e. The second-order valence-electron chi connectivity index (χ2n) is 6.41. The average Bonchev–Trinajstić information content (AvgIpc) is 3.27. The Hall–Kier alpha value is -4.35. The minimum atomic E-state index is -1.24. The number of nitro groups is 2. The highest BCUT2D eigenvalue weighted by Gasteiger charge is 2.56. The zero-order valence-corrected chi connectivity index (χ0v) is 15.3. The van der Waals surface area contributed by atoms with Crippen molar-refractivity contribution in [1.29, 1.82) is 0 Å². The SMILES string of the molecule is COc1ccc([N+](=O)[O-])cc1N1C(=O)[C@@H]2C(c3ccc([N+](=O)[O-])cc3)=NO[C@@H]2C1=O. The Bertz CT molecular complexity index is 1130. The van der Waals surface area contributed by atoms with E-state index in [-0.39, 0.29) is 28.5 Å². The van der Waals surface area contributed by atoms with Crippen molar-refractivity contribution in [3.05, 3.63) is 68.3 Å². The molecule has 12 nitrogen and oxygen atoms in total. The highest BCUT2D eigenvalue weighted by molar-refractivity contribution is 6.32. The van der Waals surface area contributed by atoms with E-state index in [4.69, 9.17) is 9.57 Å². The van der Waals surface area contributed by atoms with E-state index in [2.05, 4.69) is 5.16 Å². The summed E-state index contributed by atoms with van der Waals surface area (Å²) in [6, 6.07) is 8.83. The number of carbonyl (C=O) groups excluding carboxylic acids is 2. The number of ether oxygens (including phenoxy) is 1. The van der Waals surface area contributed by atoms with Crippen molar-refractivity contribution >= 4 is 34.6 Å². The molecule has 2 atom stereocenters. The lowest BCUT2D eigenvalue weighted by Crippen LogP contribution is -2.33. The van der Waals surface area contributed by atoms with E-state index in [1.54, 1.807) is 0 Å². The van der Waals surface area contributed by atoms with E-state index in [9.17, 15) is 29.8 Å². The van der Waals surface area contributed by atoms with Crippen LogP contribution in [-0.2, 0) is 14.4 Å². The predicted octanol–water partition coefficient (Wildman–Crippen LogP) is 1.80. The number of hydrogen-bond donors (Lipinski definition) is 0. The summed E-state index contributed by atoms with van der Waals surface area (Å²) in [5, 5.41) is 25.8. The van der Waals surface area contributed by atoms with Crippen LogP contribution in [-0.4, -0.2) is 40.6 Å². The van der Waals surface area contributed by atoms with E-state index in [0.29, 0.717) is 5.56 Å². The van der Waals surface area contributed by atoms with Gasteiger partial charge in [0.05, 0.1) is 17.0 Å². The molecule has 0 spiro atoms. The van der Waals surface area contributed by atoms with Crippen LogP contribution in [0.25, 0.3) is 0 Å². The van der Waals surface area contributed by atoms with Gasteiger partial charge in [0.15, 0.2) is 0 Å². The Labute approximate surface area is 167 Å². The number of nitrogens with zero attached hydrogens (tertiary/aromatic N) is 4. The zero-order chi connectivity index (χ0) is 21.6. The molecule has 12 heteroatoms. The van der Waals surface area contributed by atoms with Gasteiger partial charge in [-0.05, 0) is 18.2 Å². The van der Waals surface area contributed by atoms with Crippen LogP contribution in [0.15, 0.2) is 47.6 Å². The third-order valence-electron chi connectivity index (χ3n) is 4.80. The zero-order valence-electron chi connectivity index (χ0n) is 15.3. The number of hydrogen-bond acceptors (Lipinski definition) is 9. The molecular formula is C18H12N4O8. The fourth-order valence-corrected chi connectivity index (χ4v) is 3.37. The molecule has 0 saturated carbocycles. The van der Waals surface area contributed by atoms with E-state index in [1.165, 1.54) is 43.5 Å². The van der Waals surface area contributed by atoms with E-state index in [0.717, 1.165) is 11.0 Å². The fourth-order valence-electron chi connectivity index (χ4n) is 3.37. The topological polar surface area (TPSA) is 154 Å². The molecule has 0 bridgehead atoms. The maximum absolute atomic E-state index is 13.1. The minimum absolute atomic E-state index is 0.0808. The van der Waals surface area contributed by atoms with Crippen molar-refractivity contribution in [2.45, 2.75) is 6.10 Å². The second kappa shape index (κ2) is 6.92. The van der Waals surface area contributed by atoms with Crippen molar-refractivity contribution in [2.75, 3.05) is 12.0 Å². The van der Waals surface area contributed by atoms with Gasteiger partial charge in [-0.1, -0.05) is 5.16 Å². The summed E-state index contributed by atoms with van der Waals surface area (Å²) >= 11 is 0. The second-order valence-corrected chi connectivity index (χ2v) is 6.41. The molecule has 2 aliphatic rings. The van der Waals surface area contributed by atoms with Crippen molar-refractivity contribution in [3.63, 3.8) is 0 Å². The molecule has 30 heavy (non-hydrogen) atoms. The average molecular weight is 412 g/mol. The summed E-state index contributed by atoms with van der Waals surface area (Å²) in [7, 11) is 1.30. The third-order valence-corrected chi connectivity index (χ3v) is 4.80. The van der Waals surface area contributed by atoms with Crippen LogP contribution in [0.1, 0.15) is 5.56 Å². The first kappa shape index (κ1) is 19.0. The molecule has 0 aliphatic carbocycles. The first-order valence-corrected chi connectivity index (χ1v) is 8.52. The molecule has 0 N–H and O–H groups in total. The van der Waals surface area contributed by atoms with Crippen LogP contribution in [0.3, 0.4) is 0 Å². The van der Waals surface area contributed by atoms with E-state index >= 15 is 0 Å². The Morgan fingerprint density at radius 3 is 2.23 bits per heavy atom. The van der Waals surface area contributed by atoms with Crippen molar-refractivity contribution in [2.24, 2.45) is 11.1 Å². The number of carbonyl (C=O) groups is 2. The van der Waals surface area contributed by atoms with Gasteiger partial charge >= 0.3 is 0 Å². The van der Waals surface area contributed by atoms with Gasteiger partial charge in [0, 0.05) is 29.8 Å². The van der Waals surface area contributed by atoms with Crippen molar-refractivity contribution in [1.82, 2.24) is 0 Å². The number of anilines is 1. The summed E-state index contributed by atoms with van der Waals surface area (Å²) in [5.74, 6) is -2.44. The van der Waals surface area contributed by atoms with E-state index < -0.39 is 33.7 Å². The van der Waals surface area contributed by atoms with Crippen LogP contribution in [0.2, 0.25) is 0 Å². The first-order chi connectivity index (χ1) is 14.3. The molecule has 2 aliphatic heterocycles. The number of benzene rings is 2. The lowest BCUT2D eigenvalue weighted by Gasteiger charge is -2.18. The summed E-state index contributed by atoms with van der Waals surface area (Å²) < 4.78 is 5.15. The maximum atomic E-state index is 13.1. The summed E-state index contributed by atoms with van der Waals surface area (Å²) in [6.07, 6.45) is -1.24. The molecule has 0 aromatic heterocycles. The van der Waals surface area contributed by atoms with Crippen LogP contribution in [0, 0.1) is 26.1 Å². The molecule has 2 heterocycles. The Morgan fingerprint density at radius 1 is 1.00 bits per heavy atom. The van der Waals surface area contributed by atoms with Gasteiger partial charge in [-0.2, -0.15) is 0 Å². The number of methoxy groups -OCH3 is 1. The van der Waals surface area contributed by atoms with Crippen LogP contribution >= 0.6 is 0 Å². The lowest BCUT2D eigenvalue weighted by molar-refractivity contribution is -0.385. The monoisotopic (exact) mass is 412 g/mol. The van der Waals surface area contributed by atoms with Crippen LogP contribution < -0.4 is 9.64 Å². The minimum Gasteiger partial charge on any atom is -0.495 e. The number of non-ortho nitro benzene ring substituents is 2. The first-order valence-electron chi connectivity index (χ1n) is 8.52. The molecule has 0 unspecified atom stereocenters. The largest absolute Gasteiger partial charge is 0.495 e. The van der Waals surface area contributed by atoms with Crippen LogP contribution in [0.4, 0.5) is 17.1 Å². The molecule has 1 saturated heterocycles. The molecule has 1 fully saturated rings. The van der Waals surface area contributed by atoms with Gasteiger partial charge in [0.2, 0.25) is 12.0 Å². The van der Waals surface area contributed by atoms with Gasteiger partial charge < -0.3 is 9.57 Å². The number of oxime groups is 1. The van der Waals surface area contributed by atoms with E-state index in [1.807, 2.05) is 0 Å². The molecule has 2 amide bonds. The lowest BCUT2D eigenvalue weighted by atomic mass is 9.94. The van der Waals surface area contributed by atoms with Crippen molar-refractivity contribution < 1.29 is 29.0 Å².